The van der Waals surface area contributed by atoms with Crippen LogP contribution < -0.4 is 25.3 Å². The van der Waals surface area contributed by atoms with Crippen molar-refractivity contribution in [2.24, 2.45) is 0 Å². The Morgan fingerprint density at radius 2 is 1.78 bits per heavy atom. The third-order valence-corrected chi connectivity index (χ3v) is 13.3. The maximum atomic E-state index is 13.5. The first-order chi connectivity index (χ1) is 16.6. The summed E-state index contributed by atoms with van der Waals surface area (Å²) in [5.41, 5.74) is 3.46. The maximum Gasteiger partial charge on any atom is 0.250 e. The van der Waals surface area contributed by atoms with Crippen molar-refractivity contribution in [1.29, 1.82) is 0 Å². The summed E-state index contributed by atoms with van der Waals surface area (Å²) in [6.07, 6.45) is -0.141. The van der Waals surface area contributed by atoms with Crippen LogP contribution in [-0.4, -0.2) is 34.6 Å². The first-order valence-electron chi connectivity index (χ1n) is 11.1. The number of hydrogen-bond donors (Lipinski definition) is 4. The fraction of sp³-hybridized carbons (Fsp3) is 0.409. The minimum atomic E-state index is -4.12. The van der Waals surface area contributed by atoms with Crippen LogP contribution in [0.15, 0.2) is 35.2 Å². The molecule has 14 heteroatoms. The second-order valence-corrected chi connectivity index (χ2v) is 17.7. The molecule has 4 N–H and O–H groups in total. The quantitative estimate of drug-likeness (QED) is 0.212. The van der Waals surface area contributed by atoms with E-state index in [2.05, 4.69) is 41.6 Å². The van der Waals surface area contributed by atoms with Gasteiger partial charge in [0.2, 0.25) is 10.0 Å². The van der Waals surface area contributed by atoms with E-state index in [4.69, 9.17) is 56.3 Å². The number of halogens is 3. The lowest BCUT2D eigenvalue weighted by atomic mass is 10.2. The Labute approximate surface area is 233 Å². The molecule has 2 aromatic carbocycles. The second-order valence-electron chi connectivity index (χ2n) is 9.72. The molecule has 0 aliphatic carbocycles. The zero-order chi connectivity index (χ0) is 26.9. The zero-order valence-electron chi connectivity index (χ0n) is 20.5. The minimum Gasteiger partial charge on any atom is -0.541 e. The van der Waals surface area contributed by atoms with Crippen molar-refractivity contribution in [3.8, 4) is 5.75 Å². The van der Waals surface area contributed by atoms with Crippen molar-refractivity contribution < 1.29 is 17.7 Å². The molecule has 1 atom stereocenters. The van der Waals surface area contributed by atoms with Crippen molar-refractivity contribution in [2.45, 2.75) is 56.4 Å². The monoisotopic (exact) mass is 610 g/mol. The first-order valence-corrected chi connectivity index (χ1v) is 17.0. The Hall–Kier alpha value is -1.15. The normalized spacial score (nSPS) is 16.6. The summed E-state index contributed by atoms with van der Waals surface area (Å²) in [6, 6.07) is 8.20. The van der Waals surface area contributed by atoms with Crippen LogP contribution in [-0.2, 0) is 14.9 Å². The number of thiocarbonyl (C=S) groups is 1. The van der Waals surface area contributed by atoms with Crippen LogP contribution in [0.1, 0.15) is 27.2 Å². The van der Waals surface area contributed by atoms with Crippen LogP contribution in [0.5, 0.6) is 5.75 Å². The van der Waals surface area contributed by atoms with Gasteiger partial charge in [0.1, 0.15) is 10.6 Å². The Morgan fingerprint density at radius 1 is 1.11 bits per heavy atom. The first kappa shape index (κ1) is 29.4. The third-order valence-electron chi connectivity index (χ3n) is 5.98. The smallest absolute Gasteiger partial charge is 0.250 e. The van der Waals surface area contributed by atoms with Gasteiger partial charge in [-0.15, -0.1) is 0 Å². The summed E-state index contributed by atoms with van der Waals surface area (Å²) in [6.45, 7) is 10.6. The lowest BCUT2D eigenvalue weighted by Crippen LogP contribution is -2.45. The Kier molecular flexibility index (Phi) is 9.23. The maximum absolute atomic E-state index is 13.5. The van der Waals surface area contributed by atoms with Crippen molar-refractivity contribution in [1.82, 2.24) is 10.2 Å². The van der Waals surface area contributed by atoms with Gasteiger partial charge in [0.05, 0.1) is 39.2 Å². The molecule has 2 aromatic rings. The highest BCUT2D eigenvalue weighted by Crippen LogP contribution is 2.44. The standard InChI is InChI=1S/C22H29Cl3N4O4S2Si/c1-22(2,3)36(4,5)33-19-16(27-21(34)26-15-8-6-7-13(23)18(15)25)10-9-14(24)20(19)35(30,31)29-17-11-12-32-28-17/h6-10,17,28-29H,11-12H2,1-5H3,(H2,26,27,34). The number of sulfonamides is 1. The van der Waals surface area contributed by atoms with E-state index >= 15 is 0 Å². The molecule has 0 spiro atoms. The molecule has 1 heterocycles. The average Bonchev–Trinajstić information content (AvgIpc) is 3.24. The molecule has 8 nitrogen and oxygen atoms in total. The summed E-state index contributed by atoms with van der Waals surface area (Å²) >= 11 is 24.3. The molecule has 1 unspecified atom stereocenters. The van der Waals surface area contributed by atoms with Crippen LogP contribution in [0.25, 0.3) is 0 Å². The summed E-state index contributed by atoms with van der Waals surface area (Å²) < 4.78 is 36.2. The fourth-order valence-corrected chi connectivity index (χ4v) is 6.50. The van der Waals surface area contributed by atoms with Gasteiger partial charge in [-0.3, -0.25) is 0 Å². The molecule has 1 fully saturated rings. The number of anilines is 2. The highest BCUT2D eigenvalue weighted by molar-refractivity contribution is 7.89. The summed E-state index contributed by atoms with van der Waals surface area (Å²) in [5.74, 6) is 0.0850. The van der Waals surface area contributed by atoms with Gasteiger partial charge in [0.25, 0.3) is 8.32 Å². The van der Waals surface area contributed by atoms with E-state index in [0.717, 1.165) is 0 Å². The molecular weight excluding hydrogens is 583 g/mol. The average molecular weight is 612 g/mol. The molecule has 3 rings (SSSR count). The van der Waals surface area contributed by atoms with Gasteiger partial charge in [-0.25, -0.2) is 8.42 Å². The second kappa shape index (κ2) is 11.3. The van der Waals surface area contributed by atoms with E-state index in [9.17, 15) is 8.42 Å². The predicted octanol–water partition coefficient (Wildman–Crippen LogP) is 6.37. The minimum absolute atomic E-state index is 0.0115. The van der Waals surface area contributed by atoms with Crippen LogP contribution in [0.4, 0.5) is 11.4 Å². The molecule has 36 heavy (non-hydrogen) atoms. The number of rotatable bonds is 7. The number of benzene rings is 2. The van der Waals surface area contributed by atoms with E-state index in [0.29, 0.717) is 34.4 Å². The van der Waals surface area contributed by atoms with Crippen molar-refractivity contribution in [3.05, 3.63) is 45.4 Å². The van der Waals surface area contributed by atoms with Crippen molar-refractivity contribution in [3.63, 3.8) is 0 Å². The zero-order valence-corrected chi connectivity index (χ0v) is 25.4. The van der Waals surface area contributed by atoms with Crippen LogP contribution in [0, 0.1) is 0 Å². The van der Waals surface area contributed by atoms with Gasteiger partial charge in [-0.05, 0) is 54.6 Å². The van der Waals surface area contributed by atoms with Crippen LogP contribution >= 0.6 is 47.0 Å². The Bertz CT molecular complexity index is 1250. The van der Waals surface area contributed by atoms with E-state index in [1.807, 2.05) is 13.1 Å². The summed E-state index contributed by atoms with van der Waals surface area (Å²) in [4.78, 5) is 4.90. The predicted molar refractivity (Wildman–Crippen MR) is 153 cm³/mol. The molecule has 0 saturated carbocycles. The Morgan fingerprint density at radius 3 is 2.39 bits per heavy atom. The van der Waals surface area contributed by atoms with Crippen molar-refractivity contribution >= 4 is 81.8 Å². The van der Waals surface area contributed by atoms with Crippen molar-refractivity contribution in [2.75, 3.05) is 17.2 Å². The van der Waals surface area contributed by atoms with E-state index in [1.165, 1.54) is 6.07 Å². The molecule has 0 aromatic heterocycles. The lowest BCUT2D eigenvalue weighted by molar-refractivity contribution is 0.0866. The van der Waals surface area contributed by atoms with E-state index in [-0.39, 0.29) is 25.8 Å². The van der Waals surface area contributed by atoms with Gasteiger partial charge in [-0.1, -0.05) is 61.6 Å². The van der Waals surface area contributed by atoms with Crippen LogP contribution in [0.3, 0.4) is 0 Å². The molecule has 1 aliphatic rings. The lowest BCUT2D eigenvalue weighted by Gasteiger charge is -2.37. The summed E-state index contributed by atoms with van der Waals surface area (Å²) in [5, 5.41) is 6.63. The van der Waals surface area contributed by atoms with Gasteiger partial charge >= 0.3 is 0 Å². The largest absolute Gasteiger partial charge is 0.541 e. The van der Waals surface area contributed by atoms with Crippen LogP contribution in [0.2, 0.25) is 33.2 Å². The Balaban J connectivity index is 2.05. The van der Waals surface area contributed by atoms with Gasteiger partial charge in [-0.2, -0.15) is 10.2 Å². The van der Waals surface area contributed by atoms with E-state index in [1.54, 1.807) is 24.3 Å². The SMILES string of the molecule is CC(C)(C)[Si](C)(C)Oc1c(NC(=S)Nc2cccc(Cl)c2Cl)ccc(Cl)c1S(=O)(=O)NC1CCON1. The third kappa shape index (κ3) is 6.83. The van der Waals surface area contributed by atoms with Gasteiger partial charge < -0.3 is 19.9 Å². The highest BCUT2D eigenvalue weighted by atomic mass is 35.5. The summed E-state index contributed by atoms with van der Waals surface area (Å²) in [7, 11) is -6.65. The molecule has 1 saturated heterocycles. The molecule has 0 bridgehead atoms. The van der Waals surface area contributed by atoms with E-state index < -0.39 is 24.5 Å². The van der Waals surface area contributed by atoms with Gasteiger partial charge in [0.15, 0.2) is 5.11 Å². The fourth-order valence-electron chi connectivity index (χ4n) is 3.00. The molecular formula is C22H29Cl3N4O4S2Si. The topological polar surface area (TPSA) is 101 Å². The highest BCUT2D eigenvalue weighted by Gasteiger charge is 2.41. The van der Waals surface area contributed by atoms with Gasteiger partial charge in [0, 0.05) is 6.42 Å². The molecule has 0 radical (unpaired) electrons. The number of hydrogen-bond acceptors (Lipinski definition) is 6. The number of hydroxylamine groups is 1. The molecule has 0 amide bonds. The molecule has 198 valence electrons. The number of nitrogens with one attached hydrogen (secondary N) is 4. The molecule has 1 aliphatic heterocycles.